The van der Waals surface area contributed by atoms with Crippen molar-refractivity contribution in [3.8, 4) is 0 Å². The number of nitro groups is 1. The molecule has 0 atom stereocenters. The normalized spacial score (nSPS) is 11.1. The van der Waals surface area contributed by atoms with Crippen LogP contribution in [-0.2, 0) is 10.0 Å². The number of nitrogen functional groups attached to an aromatic ring is 1. The minimum absolute atomic E-state index is 0.0119. The Kier molecular flexibility index (Phi) is 3.78. The predicted molar refractivity (Wildman–Crippen MR) is 73.0 cm³/mol. The first-order valence-corrected chi connectivity index (χ1v) is 7.02. The number of sulfonamides is 1. The molecule has 0 aliphatic heterocycles. The standard InChI is InChI=1S/C10H11N5O5S/c1-6-4-7(12-11)8(15(16)17)5-9(6)21(18,19)14-10-2-3-20-13-10/h2-5,12H,11H2,1H3,(H,13,14). The van der Waals surface area contributed by atoms with Gasteiger partial charge < -0.3 is 9.95 Å². The second kappa shape index (κ2) is 5.38. The van der Waals surface area contributed by atoms with Crippen molar-refractivity contribution in [2.24, 2.45) is 5.84 Å². The van der Waals surface area contributed by atoms with Crippen molar-refractivity contribution in [1.29, 1.82) is 0 Å². The van der Waals surface area contributed by atoms with Crippen molar-refractivity contribution >= 4 is 27.2 Å². The van der Waals surface area contributed by atoms with E-state index >= 15 is 0 Å². The van der Waals surface area contributed by atoms with Crippen LogP contribution in [0.3, 0.4) is 0 Å². The number of hydrogen-bond donors (Lipinski definition) is 3. The Bertz CT molecular complexity index is 771. The number of nitrogens with one attached hydrogen (secondary N) is 2. The van der Waals surface area contributed by atoms with E-state index in [0.717, 1.165) is 6.07 Å². The third kappa shape index (κ3) is 2.93. The number of nitrogens with two attached hydrogens (primary N) is 1. The molecule has 1 heterocycles. The Morgan fingerprint density at radius 1 is 1.43 bits per heavy atom. The molecule has 0 saturated carbocycles. The molecule has 0 aliphatic rings. The Balaban J connectivity index is 2.52. The van der Waals surface area contributed by atoms with Crippen LogP contribution in [0.1, 0.15) is 5.56 Å². The summed E-state index contributed by atoms with van der Waals surface area (Å²) in [7, 11) is -4.04. The monoisotopic (exact) mass is 313 g/mol. The lowest BCUT2D eigenvalue weighted by atomic mass is 10.2. The molecule has 0 saturated heterocycles. The summed E-state index contributed by atoms with van der Waals surface area (Å²) in [5.41, 5.74) is 2.00. The molecule has 2 rings (SSSR count). The van der Waals surface area contributed by atoms with E-state index in [-0.39, 0.29) is 22.0 Å². The first-order chi connectivity index (χ1) is 9.85. The Morgan fingerprint density at radius 3 is 2.67 bits per heavy atom. The van der Waals surface area contributed by atoms with Crippen LogP contribution >= 0.6 is 0 Å². The molecule has 0 aliphatic carbocycles. The molecule has 11 heteroatoms. The van der Waals surface area contributed by atoms with Crippen LogP contribution in [0, 0.1) is 17.0 Å². The minimum Gasteiger partial charge on any atom is -0.363 e. The number of hydrazine groups is 1. The van der Waals surface area contributed by atoms with E-state index in [2.05, 4.69) is 19.8 Å². The summed E-state index contributed by atoms with van der Waals surface area (Å²) >= 11 is 0. The van der Waals surface area contributed by atoms with Crippen LogP contribution in [0.5, 0.6) is 0 Å². The van der Waals surface area contributed by atoms with Crippen LogP contribution in [0.2, 0.25) is 0 Å². The van der Waals surface area contributed by atoms with E-state index < -0.39 is 20.6 Å². The molecule has 10 nitrogen and oxygen atoms in total. The van der Waals surface area contributed by atoms with E-state index in [0.29, 0.717) is 0 Å². The van der Waals surface area contributed by atoms with Gasteiger partial charge in [0.2, 0.25) is 0 Å². The number of anilines is 2. The summed E-state index contributed by atoms with van der Waals surface area (Å²) in [6.07, 6.45) is 1.19. The van der Waals surface area contributed by atoms with Gasteiger partial charge in [0, 0.05) is 12.1 Å². The largest absolute Gasteiger partial charge is 0.363 e. The molecule has 0 spiro atoms. The first kappa shape index (κ1) is 14.7. The fourth-order valence-corrected chi connectivity index (χ4v) is 2.93. The average Bonchev–Trinajstić information content (AvgIpc) is 2.89. The lowest BCUT2D eigenvalue weighted by Crippen LogP contribution is -2.16. The van der Waals surface area contributed by atoms with E-state index in [9.17, 15) is 18.5 Å². The van der Waals surface area contributed by atoms with Gasteiger partial charge in [0.1, 0.15) is 12.0 Å². The molecule has 112 valence electrons. The van der Waals surface area contributed by atoms with E-state index in [1.165, 1.54) is 25.3 Å². The van der Waals surface area contributed by atoms with Gasteiger partial charge in [0.05, 0.1) is 9.82 Å². The number of rotatable bonds is 5. The highest BCUT2D eigenvalue weighted by atomic mass is 32.2. The average molecular weight is 313 g/mol. The minimum atomic E-state index is -4.04. The van der Waals surface area contributed by atoms with Crippen LogP contribution < -0.4 is 16.0 Å². The van der Waals surface area contributed by atoms with Gasteiger partial charge in [-0.3, -0.25) is 20.7 Å². The predicted octanol–water partition coefficient (Wildman–Crippen LogP) is 0.978. The zero-order valence-electron chi connectivity index (χ0n) is 10.7. The topological polar surface area (TPSA) is 153 Å². The van der Waals surface area contributed by atoms with Gasteiger partial charge >= 0.3 is 0 Å². The fraction of sp³-hybridized carbons (Fsp3) is 0.100. The number of nitrogens with zero attached hydrogens (tertiary/aromatic N) is 2. The smallest absolute Gasteiger partial charge is 0.295 e. The number of hydrogen-bond acceptors (Lipinski definition) is 8. The van der Waals surface area contributed by atoms with Gasteiger partial charge in [0.25, 0.3) is 15.7 Å². The molecular formula is C10H11N5O5S. The molecule has 2 aromatic rings. The molecule has 0 amide bonds. The summed E-state index contributed by atoms with van der Waals surface area (Å²) in [5, 5.41) is 14.4. The number of benzene rings is 1. The Morgan fingerprint density at radius 2 is 2.14 bits per heavy atom. The van der Waals surface area contributed by atoms with E-state index in [1.807, 2.05) is 0 Å². The molecule has 1 aromatic carbocycles. The third-order valence-electron chi connectivity index (χ3n) is 2.61. The van der Waals surface area contributed by atoms with Crippen LogP contribution in [0.25, 0.3) is 0 Å². The Hall–Kier alpha value is -2.66. The molecule has 0 bridgehead atoms. The molecule has 0 fully saturated rings. The molecule has 1 aromatic heterocycles. The quantitative estimate of drug-likeness (QED) is 0.419. The maximum atomic E-state index is 12.2. The molecule has 0 radical (unpaired) electrons. The summed E-state index contributed by atoms with van der Waals surface area (Å²) in [4.78, 5) is 9.97. The third-order valence-corrected chi connectivity index (χ3v) is 4.11. The second-order valence-corrected chi connectivity index (χ2v) is 5.68. The zero-order valence-corrected chi connectivity index (χ0v) is 11.5. The highest BCUT2D eigenvalue weighted by molar-refractivity contribution is 7.92. The summed E-state index contributed by atoms with van der Waals surface area (Å²) in [6.45, 7) is 1.49. The maximum absolute atomic E-state index is 12.2. The molecule has 21 heavy (non-hydrogen) atoms. The van der Waals surface area contributed by atoms with E-state index in [4.69, 9.17) is 5.84 Å². The summed E-state index contributed by atoms with van der Waals surface area (Å²) in [6, 6.07) is 3.50. The van der Waals surface area contributed by atoms with Gasteiger partial charge in [-0.1, -0.05) is 5.16 Å². The van der Waals surface area contributed by atoms with Crippen molar-refractivity contribution in [2.45, 2.75) is 11.8 Å². The van der Waals surface area contributed by atoms with Crippen LogP contribution in [0.4, 0.5) is 17.2 Å². The van der Waals surface area contributed by atoms with Gasteiger partial charge in [-0.15, -0.1) is 0 Å². The van der Waals surface area contributed by atoms with Gasteiger partial charge in [-0.2, -0.15) is 0 Å². The fourth-order valence-electron chi connectivity index (χ4n) is 1.69. The lowest BCUT2D eigenvalue weighted by Gasteiger charge is -2.10. The molecule has 4 N–H and O–H groups in total. The van der Waals surface area contributed by atoms with Gasteiger partial charge in [-0.05, 0) is 18.6 Å². The van der Waals surface area contributed by atoms with Gasteiger partial charge in [-0.25, -0.2) is 8.42 Å². The number of aromatic nitrogens is 1. The maximum Gasteiger partial charge on any atom is 0.295 e. The second-order valence-electron chi connectivity index (χ2n) is 4.03. The van der Waals surface area contributed by atoms with Crippen LogP contribution in [0.15, 0.2) is 33.9 Å². The van der Waals surface area contributed by atoms with Crippen molar-refractivity contribution in [3.05, 3.63) is 40.1 Å². The van der Waals surface area contributed by atoms with Crippen LogP contribution in [-0.4, -0.2) is 18.5 Å². The van der Waals surface area contributed by atoms with Crippen molar-refractivity contribution in [3.63, 3.8) is 0 Å². The Labute approximate surface area is 119 Å². The highest BCUT2D eigenvalue weighted by Gasteiger charge is 2.24. The first-order valence-electron chi connectivity index (χ1n) is 5.54. The summed E-state index contributed by atoms with van der Waals surface area (Å²) in [5.74, 6) is 5.15. The number of aryl methyl sites for hydroxylation is 1. The molecule has 0 unspecified atom stereocenters. The van der Waals surface area contributed by atoms with Crippen molar-refractivity contribution in [1.82, 2.24) is 5.16 Å². The molecular weight excluding hydrogens is 302 g/mol. The number of nitro benzene ring substituents is 1. The highest BCUT2D eigenvalue weighted by Crippen LogP contribution is 2.30. The lowest BCUT2D eigenvalue weighted by molar-refractivity contribution is -0.384. The van der Waals surface area contributed by atoms with Gasteiger partial charge in [0.15, 0.2) is 5.82 Å². The van der Waals surface area contributed by atoms with E-state index in [1.54, 1.807) is 0 Å². The van der Waals surface area contributed by atoms with Crippen molar-refractivity contribution in [2.75, 3.05) is 10.1 Å². The van der Waals surface area contributed by atoms with Crippen molar-refractivity contribution < 1.29 is 17.9 Å². The summed E-state index contributed by atoms with van der Waals surface area (Å²) < 4.78 is 31.1. The SMILES string of the molecule is Cc1cc(NN)c([N+](=O)[O-])cc1S(=O)(=O)Nc1ccon1. The zero-order chi connectivity index (χ0) is 15.6.